The third kappa shape index (κ3) is 8.95. The Morgan fingerprint density at radius 2 is 1.25 bits per heavy atom. The molecule has 24 valence electrons. The predicted octanol–water partition coefficient (Wildman–Crippen LogP) is 1.01. The minimum absolute atomic E-state index is 0. The van der Waals surface area contributed by atoms with Gasteiger partial charge in [0.2, 0.25) is 0 Å². The smallest absolute Gasteiger partial charge is 0 e. The SMILES string of the molecule is [I][Pb][I].[Te]. The van der Waals surface area contributed by atoms with Gasteiger partial charge < -0.3 is 0 Å². The average molecular weight is 589 g/mol. The molecule has 0 aromatic carbocycles. The Kier molecular flexibility index (Phi) is 24.2. The van der Waals surface area contributed by atoms with E-state index >= 15 is 0 Å². The Morgan fingerprint density at radius 3 is 1.25 bits per heavy atom. The molecule has 4 heavy (non-hydrogen) atoms. The first-order chi connectivity index (χ1) is 1.41. The van der Waals surface area contributed by atoms with Gasteiger partial charge in [-0.15, -0.1) is 0 Å². The maximum absolute atomic E-state index is 2.47. The minimum atomic E-state index is 0. The normalized spacial score (nSPS) is 4.50. The van der Waals surface area contributed by atoms with Gasteiger partial charge in [0.25, 0.3) is 0 Å². The van der Waals surface area contributed by atoms with Gasteiger partial charge in [0.15, 0.2) is 0 Å². The fourth-order valence-electron chi connectivity index (χ4n) is 0. The molecule has 0 aromatic rings. The monoisotopic (exact) mass is 592 g/mol. The van der Waals surface area contributed by atoms with Crippen LogP contribution in [-0.2, 0) is 0 Å². The van der Waals surface area contributed by atoms with Crippen LogP contribution in [0.5, 0.6) is 0 Å². The van der Waals surface area contributed by atoms with Gasteiger partial charge in [-0.25, -0.2) is 0 Å². The van der Waals surface area contributed by atoms with Crippen molar-refractivity contribution in [3.8, 4) is 0 Å². The Bertz CT molecular complexity index is 6.00. The third-order valence-corrected chi connectivity index (χ3v) is 0. The van der Waals surface area contributed by atoms with E-state index in [0.717, 1.165) is 0 Å². The number of rotatable bonds is 0. The van der Waals surface area contributed by atoms with Gasteiger partial charge in [-0.05, 0) is 0 Å². The molecule has 0 unspecified atom stereocenters. The third-order valence-electron chi connectivity index (χ3n) is 0. The predicted molar refractivity (Wildman–Crippen MR) is 39.5 cm³/mol. The zero-order valence-electron chi connectivity index (χ0n) is 1.66. The summed E-state index contributed by atoms with van der Waals surface area (Å²) in [6, 6.07) is 0. The number of halogens is 2. The van der Waals surface area contributed by atoms with Crippen molar-refractivity contribution < 1.29 is 0 Å². The molecule has 0 spiro atoms. The van der Waals surface area contributed by atoms with E-state index in [4.69, 9.17) is 0 Å². The van der Waals surface area contributed by atoms with Gasteiger partial charge in [-0.2, -0.15) is 0 Å². The topological polar surface area (TPSA) is 0 Å². The van der Waals surface area contributed by atoms with Crippen LogP contribution in [0.2, 0.25) is 0 Å². The molecule has 0 saturated carbocycles. The van der Waals surface area contributed by atoms with Crippen molar-refractivity contribution in [1.82, 2.24) is 0 Å². The second-order valence-corrected chi connectivity index (χ2v) is 28.2. The van der Waals surface area contributed by atoms with Crippen molar-refractivity contribution in [3.05, 3.63) is 0 Å². The molecule has 0 aliphatic rings. The second-order valence-electron chi connectivity index (χ2n) is 0.0714. The minimum Gasteiger partial charge on any atom is 0 e. The maximum Gasteiger partial charge on any atom is 0 e. The van der Waals surface area contributed by atoms with Crippen LogP contribution >= 0.6 is 35.5 Å². The summed E-state index contributed by atoms with van der Waals surface area (Å²) in [4.78, 5) is 0. The molecule has 0 aliphatic heterocycles. The van der Waals surface area contributed by atoms with Gasteiger partial charge in [0, 0.05) is 23.7 Å². The summed E-state index contributed by atoms with van der Waals surface area (Å²) in [7, 11) is 0. The molecule has 0 nitrogen and oxygen atoms in total. The first kappa shape index (κ1) is 10.2. The maximum atomic E-state index is 2.47. The molecule has 4 radical (unpaired) electrons. The summed E-state index contributed by atoms with van der Waals surface area (Å²) in [6.45, 7) is 0. The van der Waals surface area contributed by atoms with Crippen LogP contribution in [0.25, 0.3) is 0 Å². The quantitative estimate of drug-likeness (QED) is 0.293. The summed E-state index contributed by atoms with van der Waals surface area (Å²) >= 11 is 4.96. The molecule has 0 aromatic heterocycles. The molecule has 0 fully saturated rings. The van der Waals surface area contributed by atoms with Gasteiger partial charge in [0.05, 0.1) is 0 Å². The summed E-state index contributed by atoms with van der Waals surface area (Å²) < 4.78 is 0. The molecule has 4 heteroatoms. The van der Waals surface area contributed by atoms with E-state index in [2.05, 4.69) is 35.5 Å². The molecule has 0 amide bonds. The van der Waals surface area contributed by atoms with E-state index < -0.39 is 0 Å². The van der Waals surface area contributed by atoms with Crippen LogP contribution < -0.4 is 0 Å². The van der Waals surface area contributed by atoms with Crippen LogP contribution in [0.15, 0.2) is 0 Å². The van der Waals surface area contributed by atoms with Gasteiger partial charge >= 0.3 is 51.2 Å². The summed E-state index contributed by atoms with van der Waals surface area (Å²) in [5.41, 5.74) is 0. The Balaban J connectivity index is 0. The molecule has 0 aliphatic carbocycles. The van der Waals surface area contributed by atoms with E-state index in [9.17, 15) is 0 Å². The van der Waals surface area contributed by atoms with Crippen molar-refractivity contribution in [2.24, 2.45) is 0 Å². The summed E-state index contributed by atoms with van der Waals surface area (Å²) in [5, 5.41) is 0. The molecular formula is I2PbTe. The first-order valence-corrected chi connectivity index (χ1v) is 22.2. The van der Waals surface area contributed by atoms with E-state index in [1.54, 1.807) is 0 Å². The van der Waals surface area contributed by atoms with Crippen molar-refractivity contribution in [3.63, 3.8) is 0 Å². The van der Waals surface area contributed by atoms with E-state index in [1.807, 2.05) is 0 Å². The number of hydrogen-bond acceptors (Lipinski definition) is 0. The number of hydrogen-bond donors (Lipinski definition) is 0. The summed E-state index contributed by atoms with van der Waals surface area (Å²) in [6.07, 6.45) is 0. The van der Waals surface area contributed by atoms with Crippen molar-refractivity contribution in [2.45, 2.75) is 0 Å². The fourth-order valence-corrected chi connectivity index (χ4v) is 0. The molecule has 0 atom stereocenters. The van der Waals surface area contributed by atoms with Crippen LogP contribution in [0.3, 0.4) is 0 Å². The van der Waals surface area contributed by atoms with Crippen molar-refractivity contribution in [2.75, 3.05) is 0 Å². The molecular weight excluding hydrogens is 589 g/mol. The van der Waals surface area contributed by atoms with E-state index in [1.165, 1.54) is 0 Å². The van der Waals surface area contributed by atoms with E-state index in [-0.39, 0.29) is 39.3 Å². The van der Waals surface area contributed by atoms with Gasteiger partial charge in [-0.3, -0.25) is 0 Å². The molecule has 0 bridgehead atoms. The molecule has 0 saturated heterocycles. The standard InChI is InChI=1S/2HI.Pb.Te/h2*1H;;/q;;+2;/p-2. The van der Waals surface area contributed by atoms with Crippen molar-refractivity contribution in [1.29, 1.82) is 0 Å². The Morgan fingerprint density at radius 1 is 1.25 bits per heavy atom. The average Bonchev–Trinajstić information content (AvgIpc) is 0.918. The van der Waals surface area contributed by atoms with Crippen LogP contribution in [0, 0.1) is 0 Å². The largest absolute Gasteiger partial charge is 0 e. The second kappa shape index (κ2) is 9.49. The van der Waals surface area contributed by atoms with Gasteiger partial charge in [0.1, 0.15) is 0 Å². The Labute approximate surface area is 72.7 Å². The fraction of sp³-hybridized carbons (Fsp3) is 0. The van der Waals surface area contributed by atoms with E-state index in [0.29, 0.717) is 0 Å². The molecule has 0 heterocycles. The van der Waals surface area contributed by atoms with Crippen LogP contribution in [0.4, 0.5) is 0 Å². The van der Waals surface area contributed by atoms with Crippen LogP contribution in [0.1, 0.15) is 0 Å². The zero-order valence-corrected chi connectivity index (χ0v) is 12.2. The van der Waals surface area contributed by atoms with Gasteiger partial charge in [-0.1, -0.05) is 0 Å². The first-order valence-electron chi connectivity index (χ1n) is 0.378. The van der Waals surface area contributed by atoms with Crippen molar-refractivity contribution >= 4 is 74.8 Å². The molecule has 0 N–H and O–H groups in total. The van der Waals surface area contributed by atoms with Crippen LogP contribution in [-0.4, -0.2) is 39.3 Å². The zero-order chi connectivity index (χ0) is 2.71. The molecule has 0 rings (SSSR count). The summed E-state index contributed by atoms with van der Waals surface area (Å²) in [5.74, 6) is 0. The Hall–Kier alpha value is 3.17.